The molecule has 96 valence electrons. The first-order valence-corrected chi connectivity index (χ1v) is 5.79. The number of non-ortho nitro benzene ring substituents is 1. The van der Waals surface area contributed by atoms with Gasteiger partial charge in [0.25, 0.3) is 5.69 Å². The van der Waals surface area contributed by atoms with Gasteiger partial charge in [-0.05, 0) is 24.5 Å². The summed E-state index contributed by atoms with van der Waals surface area (Å²) in [5.74, 6) is 0. The summed E-state index contributed by atoms with van der Waals surface area (Å²) in [7, 11) is 0. The van der Waals surface area contributed by atoms with Crippen molar-refractivity contribution in [2.75, 3.05) is 13.2 Å². The minimum atomic E-state index is -0.405. The van der Waals surface area contributed by atoms with Gasteiger partial charge in [-0.1, -0.05) is 6.07 Å². The first kappa shape index (κ1) is 12.3. The van der Waals surface area contributed by atoms with Crippen LogP contribution >= 0.6 is 0 Å². The molecule has 1 aliphatic heterocycles. The molecule has 0 aliphatic carbocycles. The van der Waals surface area contributed by atoms with E-state index in [2.05, 4.69) is 0 Å². The summed E-state index contributed by atoms with van der Waals surface area (Å²) in [5.41, 5.74) is 1.97. The Morgan fingerprint density at radius 2 is 2.28 bits per heavy atom. The van der Waals surface area contributed by atoms with Crippen LogP contribution in [0.1, 0.15) is 18.1 Å². The van der Waals surface area contributed by atoms with Crippen molar-refractivity contribution in [3.63, 3.8) is 0 Å². The summed E-state index contributed by atoms with van der Waals surface area (Å²) >= 11 is 0. The minimum Gasteiger partial charge on any atom is -0.450 e. The maximum Gasteiger partial charge on any atom is 0.410 e. The van der Waals surface area contributed by atoms with E-state index >= 15 is 0 Å². The molecule has 0 fully saturated rings. The molecular weight excluding hydrogens is 236 g/mol. The molecule has 1 aromatic carbocycles. The highest BCUT2D eigenvalue weighted by atomic mass is 16.6. The van der Waals surface area contributed by atoms with Crippen LogP contribution in [0.4, 0.5) is 10.5 Å². The van der Waals surface area contributed by atoms with E-state index in [-0.39, 0.29) is 11.8 Å². The fourth-order valence-electron chi connectivity index (χ4n) is 2.02. The van der Waals surface area contributed by atoms with Crippen LogP contribution in [-0.4, -0.2) is 29.1 Å². The molecule has 0 radical (unpaired) electrons. The predicted octanol–water partition coefficient (Wildman–Crippen LogP) is 2.11. The normalized spacial score (nSPS) is 13.9. The highest BCUT2D eigenvalue weighted by Gasteiger charge is 2.22. The highest BCUT2D eigenvalue weighted by molar-refractivity contribution is 5.68. The molecule has 6 nitrogen and oxygen atoms in total. The zero-order valence-electron chi connectivity index (χ0n) is 10.1. The number of amides is 1. The molecule has 0 unspecified atom stereocenters. The second kappa shape index (κ2) is 5.03. The van der Waals surface area contributed by atoms with Crippen molar-refractivity contribution in [1.82, 2.24) is 4.90 Å². The molecule has 0 N–H and O–H groups in total. The second-order valence-corrected chi connectivity index (χ2v) is 4.08. The van der Waals surface area contributed by atoms with Gasteiger partial charge >= 0.3 is 6.09 Å². The van der Waals surface area contributed by atoms with Crippen LogP contribution in [0.5, 0.6) is 0 Å². The van der Waals surface area contributed by atoms with Crippen LogP contribution < -0.4 is 0 Å². The number of carbonyl (C=O) groups is 1. The number of ether oxygens (including phenoxy) is 1. The maximum absolute atomic E-state index is 11.6. The van der Waals surface area contributed by atoms with E-state index in [0.717, 1.165) is 11.1 Å². The molecular formula is C12H14N2O4. The Morgan fingerprint density at radius 3 is 2.94 bits per heavy atom. The number of rotatable bonds is 2. The molecule has 0 spiro atoms. The van der Waals surface area contributed by atoms with E-state index in [0.29, 0.717) is 26.1 Å². The van der Waals surface area contributed by atoms with Gasteiger partial charge in [-0.15, -0.1) is 0 Å². The van der Waals surface area contributed by atoms with Crippen molar-refractivity contribution in [2.24, 2.45) is 0 Å². The molecule has 0 atom stereocenters. The third-order valence-corrected chi connectivity index (χ3v) is 2.94. The number of fused-ring (bicyclic) bond motifs is 1. The molecule has 6 heteroatoms. The minimum absolute atomic E-state index is 0.0957. The van der Waals surface area contributed by atoms with Crippen LogP contribution in [0.15, 0.2) is 18.2 Å². The summed E-state index contributed by atoms with van der Waals surface area (Å²) in [6.45, 7) is 3.10. The third-order valence-electron chi connectivity index (χ3n) is 2.94. The number of carbonyl (C=O) groups excluding carboxylic acids is 1. The molecule has 0 saturated carbocycles. The van der Waals surface area contributed by atoms with Crippen LogP contribution in [0.3, 0.4) is 0 Å². The SMILES string of the molecule is CCOC(=O)N1CCc2cc([N+](=O)[O-])ccc2C1. The number of hydrogen-bond donors (Lipinski definition) is 0. The Hall–Kier alpha value is -2.11. The van der Waals surface area contributed by atoms with Crippen molar-refractivity contribution in [2.45, 2.75) is 19.9 Å². The van der Waals surface area contributed by atoms with Gasteiger partial charge in [-0.25, -0.2) is 4.79 Å². The fraction of sp³-hybridized carbons (Fsp3) is 0.417. The number of nitro benzene ring substituents is 1. The van der Waals surface area contributed by atoms with E-state index in [1.54, 1.807) is 24.0 Å². The van der Waals surface area contributed by atoms with Crippen molar-refractivity contribution < 1.29 is 14.5 Å². The topological polar surface area (TPSA) is 72.7 Å². The third kappa shape index (κ3) is 2.42. The molecule has 0 saturated heterocycles. The number of nitro groups is 1. The molecule has 18 heavy (non-hydrogen) atoms. The standard InChI is InChI=1S/C12H14N2O4/c1-2-18-12(15)13-6-5-9-7-11(14(16)17)4-3-10(9)8-13/h3-4,7H,2,5-6,8H2,1H3. The van der Waals surface area contributed by atoms with Crippen LogP contribution in [0, 0.1) is 10.1 Å². The molecule has 2 rings (SSSR count). The Kier molecular flexibility index (Phi) is 3.45. The first-order valence-electron chi connectivity index (χ1n) is 5.79. The molecule has 0 aromatic heterocycles. The fourth-order valence-corrected chi connectivity index (χ4v) is 2.02. The number of hydrogen-bond acceptors (Lipinski definition) is 4. The Bertz CT molecular complexity index is 487. The maximum atomic E-state index is 11.6. The summed E-state index contributed by atoms with van der Waals surface area (Å²) in [6, 6.07) is 4.75. The summed E-state index contributed by atoms with van der Waals surface area (Å²) in [5, 5.41) is 10.7. The van der Waals surface area contributed by atoms with Gasteiger partial charge in [-0.3, -0.25) is 10.1 Å². The van der Waals surface area contributed by atoms with Gasteiger partial charge in [0.05, 0.1) is 11.5 Å². The first-order chi connectivity index (χ1) is 8.61. The van der Waals surface area contributed by atoms with E-state index in [1.165, 1.54) is 6.07 Å². The summed E-state index contributed by atoms with van der Waals surface area (Å²) in [4.78, 5) is 23.4. The van der Waals surface area contributed by atoms with Crippen LogP contribution in [0.25, 0.3) is 0 Å². The predicted molar refractivity (Wildman–Crippen MR) is 64.2 cm³/mol. The lowest BCUT2D eigenvalue weighted by Gasteiger charge is -2.27. The highest BCUT2D eigenvalue weighted by Crippen LogP contribution is 2.23. The lowest BCUT2D eigenvalue weighted by atomic mass is 9.99. The van der Waals surface area contributed by atoms with E-state index in [9.17, 15) is 14.9 Å². The average molecular weight is 250 g/mol. The zero-order valence-corrected chi connectivity index (χ0v) is 10.1. The lowest BCUT2D eigenvalue weighted by molar-refractivity contribution is -0.384. The molecule has 1 aliphatic rings. The number of benzene rings is 1. The quantitative estimate of drug-likeness (QED) is 0.595. The van der Waals surface area contributed by atoms with Crippen molar-refractivity contribution in [3.05, 3.63) is 39.4 Å². The Balaban J connectivity index is 2.16. The van der Waals surface area contributed by atoms with Crippen molar-refractivity contribution in [1.29, 1.82) is 0 Å². The average Bonchev–Trinajstić information content (AvgIpc) is 2.37. The Labute approximate surface area is 104 Å². The number of nitrogens with zero attached hydrogens (tertiary/aromatic N) is 2. The van der Waals surface area contributed by atoms with Crippen LogP contribution in [0.2, 0.25) is 0 Å². The molecule has 1 aromatic rings. The zero-order chi connectivity index (χ0) is 13.1. The lowest BCUT2D eigenvalue weighted by Crippen LogP contribution is -2.36. The van der Waals surface area contributed by atoms with E-state index in [1.807, 2.05) is 0 Å². The van der Waals surface area contributed by atoms with Gasteiger partial charge < -0.3 is 9.64 Å². The molecule has 0 bridgehead atoms. The van der Waals surface area contributed by atoms with Crippen molar-refractivity contribution in [3.8, 4) is 0 Å². The molecule has 1 heterocycles. The van der Waals surface area contributed by atoms with E-state index < -0.39 is 4.92 Å². The van der Waals surface area contributed by atoms with Gasteiger partial charge in [0.15, 0.2) is 0 Å². The van der Waals surface area contributed by atoms with Gasteiger partial charge in [-0.2, -0.15) is 0 Å². The van der Waals surface area contributed by atoms with Gasteiger partial charge in [0, 0.05) is 25.2 Å². The van der Waals surface area contributed by atoms with E-state index in [4.69, 9.17) is 4.74 Å². The second-order valence-electron chi connectivity index (χ2n) is 4.08. The Morgan fingerprint density at radius 1 is 1.50 bits per heavy atom. The summed E-state index contributed by atoms with van der Waals surface area (Å²) in [6.07, 6.45) is 0.289. The molecule has 1 amide bonds. The smallest absolute Gasteiger partial charge is 0.410 e. The van der Waals surface area contributed by atoms with Gasteiger partial charge in [0.1, 0.15) is 0 Å². The monoisotopic (exact) mass is 250 g/mol. The summed E-state index contributed by atoms with van der Waals surface area (Å²) < 4.78 is 4.94. The largest absolute Gasteiger partial charge is 0.450 e. The van der Waals surface area contributed by atoms with Crippen LogP contribution in [-0.2, 0) is 17.7 Å². The van der Waals surface area contributed by atoms with Crippen molar-refractivity contribution >= 4 is 11.8 Å². The van der Waals surface area contributed by atoms with Gasteiger partial charge in [0.2, 0.25) is 0 Å².